The van der Waals surface area contributed by atoms with Gasteiger partial charge in [0, 0.05) is 62.1 Å². The van der Waals surface area contributed by atoms with Crippen LogP contribution in [-0.2, 0) is 6.42 Å². The lowest BCUT2D eigenvalue weighted by Gasteiger charge is -2.34. The van der Waals surface area contributed by atoms with Gasteiger partial charge in [-0.1, -0.05) is 6.92 Å². The zero-order chi connectivity index (χ0) is 14.7. The highest BCUT2D eigenvalue weighted by Gasteiger charge is 2.23. The molecule has 3 heterocycles. The fourth-order valence-corrected chi connectivity index (χ4v) is 3.10. The normalized spacial score (nSPS) is 15.3. The Labute approximate surface area is 127 Å². The molecule has 0 spiro atoms. The molecule has 1 aliphatic heterocycles. The average molecular weight is 303 g/mol. The molecule has 2 aromatic rings. The molecule has 7 heteroatoms. The van der Waals surface area contributed by atoms with Crippen molar-refractivity contribution in [3.63, 3.8) is 0 Å². The lowest BCUT2D eigenvalue weighted by atomic mass is 10.2. The van der Waals surface area contributed by atoms with Crippen LogP contribution in [0.25, 0.3) is 0 Å². The number of nitrogens with zero attached hydrogens (tertiary/aromatic N) is 5. The van der Waals surface area contributed by atoms with Crippen LogP contribution in [0, 0.1) is 0 Å². The van der Waals surface area contributed by atoms with E-state index in [4.69, 9.17) is 0 Å². The van der Waals surface area contributed by atoms with Gasteiger partial charge in [-0.3, -0.25) is 9.78 Å². The highest BCUT2D eigenvalue weighted by Crippen LogP contribution is 2.19. The number of hydrogen-bond donors (Lipinski definition) is 0. The second-order valence-electron chi connectivity index (χ2n) is 4.86. The van der Waals surface area contributed by atoms with Crippen molar-refractivity contribution in [1.82, 2.24) is 19.2 Å². The molecule has 3 rings (SSSR count). The smallest absolute Gasteiger partial charge is 0.254 e. The van der Waals surface area contributed by atoms with E-state index in [1.165, 1.54) is 11.5 Å². The quantitative estimate of drug-likeness (QED) is 0.859. The molecule has 110 valence electrons. The molecule has 0 atom stereocenters. The van der Waals surface area contributed by atoms with Crippen LogP contribution < -0.4 is 4.90 Å². The Kier molecular flexibility index (Phi) is 4.10. The summed E-state index contributed by atoms with van der Waals surface area (Å²) in [7, 11) is 0. The molecule has 21 heavy (non-hydrogen) atoms. The van der Waals surface area contributed by atoms with E-state index in [1.807, 2.05) is 4.90 Å². The number of amides is 1. The Morgan fingerprint density at radius 1 is 1.24 bits per heavy atom. The SMILES string of the molecule is CCc1nsc(N2CCN(C(=O)c3ccncc3)CC2)n1. The zero-order valence-corrected chi connectivity index (χ0v) is 12.7. The molecule has 1 aliphatic rings. The number of aromatic nitrogens is 3. The van der Waals surface area contributed by atoms with E-state index in [0.717, 1.165) is 30.5 Å². The third-order valence-electron chi connectivity index (χ3n) is 3.54. The van der Waals surface area contributed by atoms with Gasteiger partial charge in [0.2, 0.25) is 5.13 Å². The number of carbonyl (C=O) groups is 1. The van der Waals surface area contributed by atoms with Crippen LogP contribution in [0.4, 0.5) is 5.13 Å². The minimum Gasteiger partial charge on any atom is -0.343 e. The van der Waals surface area contributed by atoms with Crippen LogP contribution in [0.5, 0.6) is 0 Å². The number of carbonyl (C=O) groups excluding carboxylic acids is 1. The predicted octanol–water partition coefficient (Wildman–Crippen LogP) is 1.46. The molecule has 0 saturated carbocycles. The van der Waals surface area contributed by atoms with Crippen LogP contribution in [0.3, 0.4) is 0 Å². The van der Waals surface area contributed by atoms with Gasteiger partial charge < -0.3 is 9.80 Å². The van der Waals surface area contributed by atoms with Crippen molar-refractivity contribution in [3.8, 4) is 0 Å². The minimum atomic E-state index is 0.0727. The highest BCUT2D eigenvalue weighted by atomic mass is 32.1. The molecule has 0 bridgehead atoms. The number of pyridine rings is 1. The maximum absolute atomic E-state index is 12.3. The lowest BCUT2D eigenvalue weighted by molar-refractivity contribution is 0.0746. The molecule has 0 N–H and O–H groups in total. The molecular weight excluding hydrogens is 286 g/mol. The Hall–Kier alpha value is -2.02. The number of rotatable bonds is 3. The second kappa shape index (κ2) is 6.17. The molecular formula is C14H17N5OS. The Morgan fingerprint density at radius 3 is 2.57 bits per heavy atom. The average Bonchev–Trinajstić information content (AvgIpc) is 3.04. The Bertz CT molecular complexity index is 607. The van der Waals surface area contributed by atoms with Gasteiger partial charge in [0.15, 0.2) is 0 Å². The maximum Gasteiger partial charge on any atom is 0.254 e. The van der Waals surface area contributed by atoms with Gasteiger partial charge >= 0.3 is 0 Å². The third kappa shape index (κ3) is 3.02. The molecule has 0 aromatic carbocycles. The van der Waals surface area contributed by atoms with Gasteiger partial charge in [-0.2, -0.15) is 4.37 Å². The van der Waals surface area contributed by atoms with Crippen LogP contribution in [0.1, 0.15) is 23.1 Å². The molecule has 6 nitrogen and oxygen atoms in total. The summed E-state index contributed by atoms with van der Waals surface area (Å²) in [6.07, 6.45) is 4.16. The molecule has 0 radical (unpaired) electrons. The molecule has 1 amide bonds. The second-order valence-corrected chi connectivity index (χ2v) is 5.59. The van der Waals surface area contributed by atoms with E-state index in [2.05, 4.69) is 26.2 Å². The van der Waals surface area contributed by atoms with Gasteiger partial charge in [-0.25, -0.2) is 4.98 Å². The first-order chi connectivity index (χ1) is 10.3. The van der Waals surface area contributed by atoms with Crippen molar-refractivity contribution in [2.24, 2.45) is 0 Å². The van der Waals surface area contributed by atoms with Gasteiger partial charge in [-0.05, 0) is 12.1 Å². The van der Waals surface area contributed by atoms with Crippen LogP contribution in [-0.4, -0.2) is 51.3 Å². The van der Waals surface area contributed by atoms with Crippen molar-refractivity contribution < 1.29 is 4.79 Å². The van der Waals surface area contributed by atoms with Crippen molar-refractivity contribution in [2.45, 2.75) is 13.3 Å². The summed E-state index contributed by atoms with van der Waals surface area (Å²) in [6, 6.07) is 3.51. The lowest BCUT2D eigenvalue weighted by Crippen LogP contribution is -2.48. The summed E-state index contributed by atoms with van der Waals surface area (Å²) in [5, 5.41) is 0.961. The van der Waals surface area contributed by atoms with Crippen molar-refractivity contribution in [1.29, 1.82) is 0 Å². The summed E-state index contributed by atoms with van der Waals surface area (Å²) < 4.78 is 4.31. The van der Waals surface area contributed by atoms with E-state index in [9.17, 15) is 4.79 Å². The van der Waals surface area contributed by atoms with Gasteiger partial charge in [-0.15, -0.1) is 0 Å². The third-order valence-corrected chi connectivity index (χ3v) is 4.35. The summed E-state index contributed by atoms with van der Waals surface area (Å²) in [5.74, 6) is 0.967. The number of aryl methyl sites for hydroxylation is 1. The predicted molar refractivity (Wildman–Crippen MR) is 81.6 cm³/mol. The summed E-state index contributed by atoms with van der Waals surface area (Å²) in [4.78, 5) is 24.9. The van der Waals surface area contributed by atoms with Gasteiger partial charge in [0.25, 0.3) is 5.91 Å². The van der Waals surface area contributed by atoms with E-state index >= 15 is 0 Å². The van der Waals surface area contributed by atoms with E-state index in [0.29, 0.717) is 18.7 Å². The number of hydrogen-bond acceptors (Lipinski definition) is 6. The molecule has 2 aromatic heterocycles. The summed E-state index contributed by atoms with van der Waals surface area (Å²) in [5.41, 5.74) is 0.697. The first-order valence-corrected chi connectivity index (χ1v) is 7.82. The standard InChI is InChI=1S/C14H17N5OS/c1-2-12-16-14(21-17-12)19-9-7-18(8-10-19)13(20)11-3-5-15-6-4-11/h3-6H,2,7-10H2,1H3. The molecule has 0 unspecified atom stereocenters. The van der Waals surface area contributed by atoms with E-state index in [-0.39, 0.29) is 5.91 Å². The first kappa shape index (κ1) is 13.9. The van der Waals surface area contributed by atoms with Crippen LogP contribution >= 0.6 is 11.5 Å². The monoisotopic (exact) mass is 303 g/mol. The fourth-order valence-electron chi connectivity index (χ4n) is 2.29. The fraction of sp³-hybridized carbons (Fsp3) is 0.429. The van der Waals surface area contributed by atoms with Gasteiger partial charge in [0.05, 0.1) is 0 Å². The van der Waals surface area contributed by atoms with Crippen molar-refractivity contribution >= 4 is 22.6 Å². The molecule has 1 fully saturated rings. The van der Waals surface area contributed by atoms with Gasteiger partial charge in [0.1, 0.15) is 5.82 Å². The topological polar surface area (TPSA) is 62.2 Å². The zero-order valence-electron chi connectivity index (χ0n) is 11.9. The highest BCUT2D eigenvalue weighted by molar-refractivity contribution is 7.09. The largest absolute Gasteiger partial charge is 0.343 e. The molecule has 1 saturated heterocycles. The number of piperazine rings is 1. The minimum absolute atomic E-state index is 0.0727. The maximum atomic E-state index is 12.3. The van der Waals surface area contributed by atoms with Crippen molar-refractivity contribution in [3.05, 3.63) is 35.9 Å². The van der Waals surface area contributed by atoms with E-state index < -0.39 is 0 Å². The summed E-state index contributed by atoms with van der Waals surface area (Å²) in [6.45, 7) is 5.08. The van der Waals surface area contributed by atoms with Crippen LogP contribution in [0.15, 0.2) is 24.5 Å². The summed E-state index contributed by atoms with van der Waals surface area (Å²) >= 11 is 1.44. The van der Waals surface area contributed by atoms with Crippen LogP contribution in [0.2, 0.25) is 0 Å². The Morgan fingerprint density at radius 2 is 1.95 bits per heavy atom. The number of anilines is 1. The first-order valence-electron chi connectivity index (χ1n) is 7.04. The molecule has 0 aliphatic carbocycles. The Balaban J connectivity index is 1.61. The van der Waals surface area contributed by atoms with Crippen molar-refractivity contribution in [2.75, 3.05) is 31.1 Å². The van der Waals surface area contributed by atoms with E-state index in [1.54, 1.807) is 24.5 Å².